The molecule has 0 spiro atoms. The summed E-state index contributed by atoms with van der Waals surface area (Å²) in [5, 5.41) is 33.6. The Hall–Kier alpha value is -4.49. The number of para-hydroxylation sites is 1. The molecule has 0 aliphatic heterocycles. The van der Waals surface area contributed by atoms with Crippen molar-refractivity contribution in [2.24, 2.45) is 0 Å². The number of nitriles is 1. The molecule has 1 N–H and O–H groups in total. The van der Waals surface area contributed by atoms with Crippen LogP contribution in [0, 0.1) is 31.6 Å². The van der Waals surface area contributed by atoms with Crippen LogP contribution in [0.5, 0.6) is 0 Å². The van der Waals surface area contributed by atoms with Gasteiger partial charge in [-0.3, -0.25) is 25.0 Å². The highest BCUT2D eigenvalue weighted by molar-refractivity contribution is 6.34. The van der Waals surface area contributed by atoms with Crippen molar-refractivity contribution in [3.63, 3.8) is 0 Å². The van der Waals surface area contributed by atoms with Crippen LogP contribution in [-0.2, 0) is 4.79 Å². The maximum absolute atomic E-state index is 12.4. The summed E-state index contributed by atoms with van der Waals surface area (Å²) in [6.45, 7) is 0. The van der Waals surface area contributed by atoms with E-state index in [2.05, 4.69) is 5.32 Å². The number of anilines is 1. The normalized spacial score (nSPS) is 10.9. The van der Waals surface area contributed by atoms with Gasteiger partial charge in [0.1, 0.15) is 23.2 Å². The molecule has 31 heavy (non-hydrogen) atoms. The lowest BCUT2D eigenvalue weighted by Gasteiger charge is -2.06. The Morgan fingerprint density at radius 3 is 2.48 bits per heavy atom. The number of non-ortho nitro benzene ring substituents is 1. The van der Waals surface area contributed by atoms with E-state index in [1.165, 1.54) is 36.4 Å². The molecule has 10 nitrogen and oxygen atoms in total. The first-order valence-corrected chi connectivity index (χ1v) is 8.88. The lowest BCUT2D eigenvalue weighted by Crippen LogP contribution is -2.13. The number of hydrogen-bond acceptors (Lipinski definition) is 7. The van der Waals surface area contributed by atoms with E-state index in [0.29, 0.717) is 0 Å². The number of carbonyl (C=O) groups is 1. The van der Waals surface area contributed by atoms with E-state index in [9.17, 15) is 30.3 Å². The number of rotatable bonds is 6. The molecule has 1 amide bonds. The van der Waals surface area contributed by atoms with Crippen molar-refractivity contribution in [1.82, 2.24) is 0 Å². The smallest absolute Gasteiger partial charge is 0.280 e. The number of amides is 1. The lowest BCUT2D eigenvalue weighted by atomic mass is 10.1. The molecule has 0 saturated heterocycles. The van der Waals surface area contributed by atoms with E-state index in [-0.39, 0.29) is 44.7 Å². The monoisotopic (exact) mass is 438 g/mol. The number of hydrogen-bond donors (Lipinski definition) is 1. The van der Waals surface area contributed by atoms with Crippen LogP contribution in [0.25, 0.3) is 17.4 Å². The Morgan fingerprint density at radius 2 is 1.84 bits per heavy atom. The maximum Gasteiger partial charge on any atom is 0.280 e. The highest BCUT2D eigenvalue weighted by Gasteiger charge is 2.18. The number of nitro groups is 2. The predicted octanol–water partition coefficient (Wildman–Crippen LogP) is 4.96. The van der Waals surface area contributed by atoms with Crippen molar-refractivity contribution in [1.29, 1.82) is 5.26 Å². The summed E-state index contributed by atoms with van der Waals surface area (Å²) in [7, 11) is 0. The van der Waals surface area contributed by atoms with E-state index in [1.807, 2.05) is 0 Å². The SMILES string of the molecule is N#CC(=Cc1ccc(-c2ccccc2[N+](=O)[O-])o1)C(=O)Nc1ccc([N+](=O)[O-])cc1Cl. The number of benzene rings is 2. The molecule has 0 bridgehead atoms. The van der Waals surface area contributed by atoms with Gasteiger partial charge < -0.3 is 9.73 Å². The first-order valence-electron chi connectivity index (χ1n) is 8.51. The fourth-order valence-corrected chi connectivity index (χ4v) is 2.84. The zero-order chi connectivity index (χ0) is 22.5. The largest absolute Gasteiger partial charge is 0.456 e. The van der Waals surface area contributed by atoms with Crippen molar-refractivity contribution in [3.8, 4) is 17.4 Å². The molecular weight excluding hydrogens is 428 g/mol. The number of carbonyl (C=O) groups excluding carboxylic acids is 1. The van der Waals surface area contributed by atoms with Crippen LogP contribution >= 0.6 is 11.6 Å². The van der Waals surface area contributed by atoms with Gasteiger partial charge in [0.2, 0.25) is 0 Å². The Kier molecular flexibility index (Phi) is 6.09. The van der Waals surface area contributed by atoms with Crippen LogP contribution in [0.3, 0.4) is 0 Å². The van der Waals surface area contributed by atoms with Crippen molar-refractivity contribution < 1.29 is 19.1 Å². The van der Waals surface area contributed by atoms with Crippen LogP contribution in [0.1, 0.15) is 5.76 Å². The molecule has 0 radical (unpaired) electrons. The second kappa shape index (κ2) is 8.89. The molecule has 2 aromatic carbocycles. The van der Waals surface area contributed by atoms with Gasteiger partial charge in [0.25, 0.3) is 17.3 Å². The van der Waals surface area contributed by atoms with Gasteiger partial charge in [-0.05, 0) is 24.3 Å². The summed E-state index contributed by atoms with van der Waals surface area (Å²) in [5.74, 6) is -0.508. The first kappa shape index (κ1) is 21.2. The van der Waals surface area contributed by atoms with Crippen LogP contribution in [-0.4, -0.2) is 15.8 Å². The maximum atomic E-state index is 12.4. The molecule has 1 heterocycles. The topological polar surface area (TPSA) is 152 Å². The molecule has 0 atom stereocenters. The molecule has 0 aliphatic carbocycles. The minimum absolute atomic E-state index is 0.0727. The summed E-state index contributed by atoms with van der Waals surface area (Å²) < 4.78 is 5.55. The van der Waals surface area contributed by atoms with Crippen molar-refractivity contribution in [3.05, 3.63) is 91.2 Å². The zero-order valence-corrected chi connectivity index (χ0v) is 16.2. The van der Waals surface area contributed by atoms with E-state index in [4.69, 9.17) is 16.0 Å². The summed E-state index contributed by atoms with van der Waals surface area (Å²) in [5.41, 5.74) is -0.417. The fourth-order valence-electron chi connectivity index (χ4n) is 2.62. The summed E-state index contributed by atoms with van der Waals surface area (Å²) in [4.78, 5) is 33.2. The van der Waals surface area contributed by atoms with Crippen molar-refractivity contribution in [2.75, 3.05) is 5.32 Å². The third-order valence-corrected chi connectivity index (χ3v) is 4.37. The van der Waals surface area contributed by atoms with Gasteiger partial charge in [-0.2, -0.15) is 5.26 Å². The van der Waals surface area contributed by atoms with E-state index in [0.717, 1.165) is 18.2 Å². The standard InChI is InChI=1S/C20H11ClN4O6/c21-16-10-13(24(27)28)5-7-17(16)23-20(26)12(11-22)9-14-6-8-19(31-14)15-3-1-2-4-18(15)25(29)30/h1-10H,(H,23,26). The number of furan rings is 1. The third-order valence-electron chi connectivity index (χ3n) is 4.06. The molecule has 0 fully saturated rings. The van der Waals surface area contributed by atoms with E-state index >= 15 is 0 Å². The van der Waals surface area contributed by atoms with E-state index < -0.39 is 15.8 Å². The number of nitro benzene ring substituents is 2. The van der Waals surface area contributed by atoms with Crippen LogP contribution < -0.4 is 5.32 Å². The summed E-state index contributed by atoms with van der Waals surface area (Å²) in [6, 6.07) is 14.1. The Morgan fingerprint density at radius 1 is 1.10 bits per heavy atom. The van der Waals surface area contributed by atoms with E-state index in [1.54, 1.807) is 12.1 Å². The number of nitrogens with zero attached hydrogens (tertiary/aromatic N) is 3. The van der Waals surface area contributed by atoms with Gasteiger partial charge in [-0.15, -0.1) is 0 Å². The minimum Gasteiger partial charge on any atom is -0.456 e. The fraction of sp³-hybridized carbons (Fsp3) is 0. The van der Waals surface area contributed by atoms with Crippen molar-refractivity contribution >= 4 is 40.6 Å². The van der Waals surface area contributed by atoms with Crippen LogP contribution in [0.2, 0.25) is 5.02 Å². The second-order valence-electron chi connectivity index (χ2n) is 6.02. The molecule has 11 heteroatoms. The molecular formula is C20H11ClN4O6. The lowest BCUT2D eigenvalue weighted by molar-refractivity contribution is -0.384. The molecule has 3 rings (SSSR count). The van der Waals surface area contributed by atoms with Crippen LogP contribution in [0.15, 0.2) is 64.6 Å². The molecule has 154 valence electrons. The van der Waals surface area contributed by atoms with Gasteiger partial charge in [-0.25, -0.2) is 0 Å². The third kappa shape index (κ3) is 4.75. The summed E-state index contributed by atoms with van der Waals surface area (Å²) in [6.07, 6.45) is 1.16. The Bertz CT molecular complexity index is 1270. The molecule has 0 unspecified atom stereocenters. The van der Waals surface area contributed by atoms with Crippen LogP contribution in [0.4, 0.5) is 17.1 Å². The van der Waals surface area contributed by atoms with Gasteiger partial charge in [0, 0.05) is 24.3 Å². The minimum atomic E-state index is -0.818. The average molecular weight is 439 g/mol. The molecule has 0 aliphatic rings. The van der Waals surface area contributed by atoms with Gasteiger partial charge >= 0.3 is 0 Å². The first-order chi connectivity index (χ1) is 14.8. The van der Waals surface area contributed by atoms with Gasteiger partial charge in [-0.1, -0.05) is 23.7 Å². The predicted molar refractivity (Wildman–Crippen MR) is 111 cm³/mol. The highest BCUT2D eigenvalue weighted by Crippen LogP contribution is 2.31. The highest BCUT2D eigenvalue weighted by atomic mass is 35.5. The molecule has 0 saturated carbocycles. The molecule has 3 aromatic rings. The Labute approximate surface area is 179 Å². The number of halogens is 1. The average Bonchev–Trinajstić information content (AvgIpc) is 3.21. The Balaban J connectivity index is 1.85. The summed E-state index contributed by atoms with van der Waals surface area (Å²) >= 11 is 5.94. The number of nitrogens with one attached hydrogen (secondary N) is 1. The zero-order valence-electron chi connectivity index (χ0n) is 15.4. The quantitative estimate of drug-likeness (QED) is 0.247. The van der Waals surface area contributed by atoms with Gasteiger partial charge in [0.05, 0.1) is 26.1 Å². The van der Waals surface area contributed by atoms with Gasteiger partial charge in [0.15, 0.2) is 0 Å². The molecule has 1 aromatic heterocycles. The second-order valence-corrected chi connectivity index (χ2v) is 6.43. The van der Waals surface area contributed by atoms with Crippen molar-refractivity contribution in [2.45, 2.75) is 0 Å².